The van der Waals surface area contributed by atoms with Crippen LogP contribution in [0.2, 0.25) is 0 Å². The predicted molar refractivity (Wildman–Crippen MR) is 103 cm³/mol. The summed E-state index contributed by atoms with van der Waals surface area (Å²) in [6, 6.07) is 15.8. The van der Waals surface area contributed by atoms with Gasteiger partial charge in [0.2, 0.25) is 5.16 Å². The van der Waals surface area contributed by atoms with Gasteiger partial charge in [-0.05, 0) is 42.7 Å². The number of H-pyrrole nitrogens is 1. The third-order valence-corrected chi connectivity index (χ3v) is 4.72. The molecule has 0 bridgehead atoms. The van der Waals surface area contributed by atoms with E-state index in [1.54, 1.807) is 0 Å². The first-order chi connectivity index (χ1) is 12.1. The molecule has 0 spiro atoms. The summed E-state index contributed by atoms with van der Waals surface area (Å²) in [5, 5.41) is 7.60. The van der Waals surface area contributed by atoms with Gasteiger partial charge in [0.25, 0.3) is 0 Å². The van der Waals surface area contributed by atoms with Gasteiger partial charge in [-0.3, -0.25) is 9.89 Å². The third-order valence-electron chi connectivity index (χ3n) is 3.88. The van der Waals surface area contributed by atoms with E-state index in [1.165, 1.54) is 17.3 Å². The van der Waals surface area contributed by atoms with Crippen LogP contribution < -0.4 is 0 Å². The Kier molecular flexibility index (Phi) is 5.46. The molecule has 0 aliphatic rings. The number of aromatic amines is 1. The van der Waals surface area contributed by atoms with Gasteiger partial charge in [0.1, 0.15) is 5.82 Å². The molecule has 0 fully saturated rings. The summed E-state index contributed by atoms with van der Waals surface area (Å²) in [4.78, 5) is 16.7. The molecule has 3 rings (SSSR count). The summed E-state index contributed by atoms with van der Waals surface area (Å²) < 4.78 is 0. The van der Waals surface area contributed by atoms with Crippen LogP contribution in [-0.2, 0) is 0 Å². The van der Waals surface area contributed by atoms with Crippen LogP contribution in [0.5, 0.6) is 0 Å². The second-order valence-electron chi connectivity index (χ2n) is 5.76. The number of aryl methyl sites for hydroxylation is 2. The molecule has 0 aliphatic heterocycles. The third kappa shape index (κ3) is 4.67. The summed E-state index contributed by atoms with van der Waals surface area (Å²) in [5.41, 5.74) is 4.14. The number of Topliss-reactive ketones (excluding diaryl/α,β-unsaturated/α-hetero) is 1. The first kappa shape index (κ1) is 17.2. The van der Waals surface area contributed by atoms with Crippen molar-refractivity contribution in [3.63, 3.8) is 0 Å². The lowest BCUT2D eigenvalue weighted by atomic mass is 10.0. The molecular weight excluding hydrogens is 330 g/mol. The van der Waals surface area contributed by atoms with Crippen molar-refractivity contribution < 1.29 is 4.79 Å². The molecule has 0 aliphatic carbocycles. The molecule has 3 aromatic rings. The van der Waals surface area contributed by atoms with Crippen LogP contribution in [0.1, 0.15) is 32.9 Å². The molecule has 0 radical (unpaired) electrons. The quantitative estimate of drug-likeness (QED) is 0.523. The Hall–Kier alpha value is -2.66. The standard InChI is InChI=1S/C20H19N3OS/c1-14-8-10-17(12-15(14)2)18(24)13-25-20-21-19(22-23-20)11-9-16-6-4-3-5-7-16/h3-12H,13H2,1-2H3,(H,21,22,23). The lowest BCUT2D eigenvalue weighted by Crippen LogP contribution is -2.03. The Bertz CT molecular complexity index is 900. The second-order valence-corrected chi connectivity index (χ2v) is 6.70. The van der Waals surface area contributed by atoms with E-state index in [0.717, 1.165) is 16.7 Å². The summed E-state index contributed by atoms with van der Waals surface area (Å²) in [5.74, 6) is 1.08. The zero-order valence-corrected chi connectivity index (χ0v) is 15.0. The molecule has 2 aromatic carbocycles. The maximum Gasteiger partial charge on any atom is 0.209 e. The molecule has 126 valence electrons. The van der Waals surface area contributed by atoms with Crippen molar-refractivity contribution in [3.05, 3.63) is 76.6 Å². The number of carbonyl (C=O) groups excluding carboxylic acids is 1. The maximum absolute atomic E-state index is 12.3. The van der Waals surface area contributed by atoms with Gasteiger partial charge in [0.15, 0.2) is 5.78 Å². The van der Waals surface area contributed by atoms with Gasteiger partial charge in [-0.1, -0.05) is 60.3 Å². The van der Waals surface area contributed by atoms with E-state index in [1.807, 2.05) is 74.5 Å². The second kappa shape index (κ2) is 7.94. The highest BCUT2D eigenvalue weighted by Crippen LogP contribution is 2.17. The van der Waals surface area contributed by atoms with E-state index in [4.69, 9.17) is 0 Å². The summed E-state index contributed by atoms with van der Waals surface area (Å²) in [6.45, 7) is 4.05. The number of benzene rings is 2. The van der Waals surface area contributed by atoms with Crippen LogP contribution in [-0.4, -0.2) is 26.7 Å². The zero-order chi connectivity index (χ0) is 17.6. The number of aromatic nitrogens is 3. The van der Waals surface area contributed by atoms with Gasteiger partial charge in [-0.2, -0.15) is 0 Å². The largest absolute Gasteiger partial charge is 0.293 e. The fourth-order valence-electron chi connectivity index (χ4n) is 2.26. The highest BCUT2D eigenvalue weighted by Gasteiger charge is 2.10. The fourth-order valence-corrected chi connectivity index (χ4v) is 2.96. The van der Waals surface area contributed by atoms with Gasteiger partial charge in [0, 0.05) is 5.56 Å². The molecule has 0 saturated heterocycles. The smallest absolute Gasteiger partial charge is 0.209 e. The Morgan fingerprint density at radius 1 is 1.08 bits per heavy atom. The fraction of sp³-hybridized carbons (Fsp3) is 0.150. The van der Waals surface area contributed by atoms with E-state index in [0.29, 0.717) is 16.7 Å². The maximum atomic E-state index is 12.3. The van der Waals surface area contributed by atoms with E-state index in [9.17, 15) is 4.79 Å². The predicted octanol–water partition coefficient (Wildman–Crippen LogP) is 4.57. The average Bonchev–Trinajstić information content (AvgIpc) is 3.09. The number of ketones is 1. The van der Waals surface area contributed by atoms with Gasteiger partial charge in [-0.25, -0.2) is 4.98 Å². The lowest BCUT2D eigenvalue weighted by molar-refractivity contribution is 0.102. The highest BCUT2D eigenvalue weighted by molar-refractivity contribution is 7.99. The van der Waals surface area contributed by atoms with Crippen LogP contribution >= 0.6 is 11.8 Å². The van der Waals surface area contributed by atoms with Crippen LogP contribution in [0.25, 0.3) is 12.2 Å². The van der Waals surface area contributed by atoms with Crippen molar-refractivity contribution >= 4 is 29.7 Å². The average molecular weight is 349 g/mol. The Morgan fingerprint density at radius 3 is 2.64 bits per heavy atom. The van der Waals surface area contributed by atoms with Gasteiger partial charge >= 0.3 is 0 Å². The molecule has 25 heavy (non-hydrogen) atoms. The molecule has 5 heteroatoms. The molecule has 4 nitrogen and oxygen atoms in total. The number of hydrogen-bond acceptors (Lipinski definition) is 4. The Balaban J connectivity index is 1.59. The van der Waals surface area contributed by atoms with E-state index >= 15 is 0 Å². The lowest BCUT2D eigenvalue weighted by Gasteiger charge is -2.03. The van der Waals surface area contributed by atoms with Crippen LogP contribution in [0.15, 0.2) is 53.7 Å². The minimum Gasteiger partial charge on any atom is -0.293 e. The molecule has 0 amide bonds. The Labute approximate surface area is 151 Å². The molecule has 0 atom stereocenters. The Morgan fingerprint density at radius 2 is 1.88 bits per heavy atom. The first-order valence-electron chi connectivity index (χ1n) is 8.00. The number of carbonyl (C=O) groups is 1. The van der Waals surface area contributed by atoms with Gasteiger partial charge in [0.05, 0.1) is 5.75 Å². The number of nitrogens with one attached hydrogen (secondary N) is 1. The topological polar surface area (TPSA) is 58.6 Å². The van der Waals surface area contributed by atoms with Crippen molar-refractivity contribution in [3.8, 4) is 0 Å². The van der Waals surface area contributed by atoms with E-state index in [-0.39, 0.29) is 5.78 Å². The molecule has 1 N–H and O–H groups in total. The minimum atomic E-state index is 0.0827. The van der Waals surface area contributed by atoms with E-state index in [2.05, 4.69) is 15.2 Å². The molecule has 1 heterocycles. The number of nitrogens with zero attached hydrogens (tertiary/aromatic N) is 2. The van der Waals surface area contributed by atoms with Crippen LogP contribution in [0.4, 0.5) is 0 Å². The normalized spacial score (nSPS) is 11.1. The van der Waals surface area contributed by atoms with Crippen molar-refractivity contribution in [2.24, 2.45) is 0 Å². The van der Waals surface area contributed by atoms with Crippen molar-refractivity contribution in [1.29, 1.82) is 0 Å². The SMILES string of the molecule is Cc1ccc(C(=O)CSc2n[nH]c(C=Cc3ccccc3)n2)cc1C. The number of thioether (sulfide) groups is 1. The molecular formula is C20H19N3OS. The zero-order valence-electron chi connectivity index (χ0n) is 14.2. The van der Waals surface area contributed by atoms with Crippen molar-refractivity contribution in [1.82, 2.24) is 15.2 Å². The molecule has 0 unspecified atom stereocenters. The highest BCUT2D eigenvalue weighted by atomic mass is 32.2. The van der Waals surface area contributed by atoms with Gasteiger partial charge in [-0.15, -0.1) is 5.10 Å². The molecule has 0 saturated carbocycles. The van der Waals surface area contributed by atoms with Crippen LogP contribution in [0.3, 0.4) is 0 Å². The monoisotopic (exact) mass is 349 g/mol. The van der Waals surface area contributed by atoms with Crippen LogP contribution in [0, 0.1) is 13.8 Å². The summed E-state index contributed by atoms with van der Waals surface area (Å²) in [7, 11) is 0. The minimum absolute atomic E-state index is 0.0827. The number of rotatable bonds is 6. The molecule has 1 aromatic heterocycles. The van der Waals surface area contributed by atoms with Crippen molar-refractivity contribution in [2.45, 2.75) is 19.0 Å². The van der Waals surface area contributed by atoms with Gasteiger partial charge < -0.3 is 0 Å². The number of hydrogen-bond donors (Lipinski definition) is 1. The first-order valence-corrected chi connectivity index (χ1v) is 8.99. The van der Waals surface area contributed by atoms with Crippen molar-refractivity contribution in [2.75, 3.05) is 5.75 Å². The summed E-state index contributed by atoms with van der Waals surface area (Å²) in [6.07, 6.45) is 3.84. The summed E-state index contributed by atoms with van der Waals surface area (Å²) >= 11 is 1.34. The van der Waals surface area contributed by atoms with E-state index < -0.39 is 0 Å².